The highest BCUT2D eigenvalue weighted by Gasteiger charge is 2.37. The van der Waals surface area contributed by atoms with Crippen LogP contribution in [0.15, 0.2) is 18.2 Å². The second-order valence-electron chi connectivity index (χ2n) is 6.51. The van der Waals surface area contributed by atoms with Crippen molar-refractivity contribution in [1.82, 2.24) is 4.90 Å². The normalized spacial score (nSPS) is 19.8. The van der Waals surface area contributed by atoms with Gasteiger partial charge in [-0.25, -0.2) is 0 Å². The van der Waals surface area contributed by atoms with Crippen LogP contribution in [0.1, 0.15) is 43.7 Å². The Labute approximate surface area is 128 Å². The van der Waals surface area contributed by atoms with Crippen molar-refractivity contribution in [3.8, 4) is 5.75 Å². The van der Waals surface area contributed by atoms with Gasteiger partial charge in [-0.15, -0.1) is 0 Å². The van der Waals surface area contributed by atoms with Gasteiger partial charge in [0.2, 0.25) is 0 Å². The van der Waals surface area contributed by atoms with Crippen LogP contribution in [0, 0.1) is 0 Å². The van der Waals surface area contributed by atoms with Crippen molar-refractivity contribution >= 4 is 0 Å². The number of fused-ring (bicyclic) bond motifs is 1. The molecule has 21 heavy (non-hydrogen) atoms. The van der Waals surface area contributed by atoms with Crippen LogP contribution in [0.5, 0.6) is 5.75 Å². The summed E-state index contributed by atoms with van der Waals surface area (Å²) < 4.78 is 5.59. The predicted molar refractivity (Wildman–Crippen MR) is 86.8 cm³/mol. The van der Waals surface area contributed by atoms with Gasteiger partial charge in [-0.2, -0.15) is 0 Å². The zero-order chi connectivity index (χ0) is 14.7. The first-order chi connectivity index (χ1) is 10.3. The number of nitrogens with two attached hydrogens (primary N) is 1. The van der Waals surface area contributed by atoms with Crippen molar-refractivity contribution in [2.24, 2.45) is 5.73 Å². The van der Waals surface area contributed by atoms with E-state index in [9.17, 15) is 0 Å². The van der Waals surface area contributed by atoms with Crippen molar-refractivity contribution in [2.45, 2.75) is 51.0 Å². The molecule has 3 rings (SSSR count). The maximum Gasteiger partial charge on any atom is 0.122 e. The SMILES string of the molecule is CCN(CCc1ccc2c(c1)CCO2)C1(CN)CCCC1. The summed E-state index contributed by atoms with van der Waals surface area (Å²) in [7, 11) is 0. The summed E-state index contributed by atoms with van der Waals surface area (Å²) in [5, 5.41) is 0. The first-order valence-electron chi connectivity index (χ1n) is 8.47. The Bertz CT molecular complexity index is 480. The molecule has 2 aliphatic rings. The first-order valence-corrected chi connectivity index (χ1v) is 8.47. The molecule has 1 saturated carbocycles. The molecule has 1 aromatic rings. The van der Waals surface area contributed by atoms with Crippen molar-refractivity contribution in [3.05, 3.63) is 29.3 Å². The summed E-state index contributed by atoms with van der Waals surface area (Å²) >= 11 is 0. The Morgan fingerprint density at radius 3 is 2.81 bits per heavy atom. The summed E-state index contributed by atoms with van der Waals surface area (Å²) in [6.45, 7) is 6.14. The lowest BCUT2D eigenvalue weighted by molar-refractivity contribution is 0.107. The maximum absolute atomic E-state index is 6.13. The van der Waals surface area contributed by atoms with Crippen LogP contribution in [-0.4, -0.2) is 36.7 Å². The van der Waals surface area contributed by atoms with Crippen LogP contribution in [0.3, 0.4) is 0 Å². The van der Waals surface area contributed by atoms with Gasteiger partial charge in [0.1, 0.15) is 5.75 Å². The highest BCUT2D eigenvalue weighted by molar-refractivity contribution is 5.39. The first kappa shape index (κ1) is 14.9. The molecule has 0 atom stereocenters. The summed E-state index contributed by atoms with van der Waals surface area (Å²) in [5.74, 6) is 1.08. The summed E-state index contributed by atoms with van der Waals surface area (Å²) in [5.41, 5.74) is 9.22. The Morgan fingerprint density at radius 1 is 1.29 bits per heavy atom. The number of rotatable bonds is 6. The standard InChI is InChI=1S/C18H28N2O/c1-2-20(18(14-19)9-3-4-10-18)11-7-15-5-6-17-16(13-15)8-12-21-17/h5-6,13H,2-4,7-12,14,19H2,1H3. The van der Waals surface area contributed by atoms with Gasteiger partial charge in [0.05, 0.1) is 6.61 Å². The average Bonchev–Trinajstić information content (AvgIpc) is 3.17. The number of ether oxygens (including phenoxy) is 1. The van der Waals surface area contributed by atoms with Crippen molar-refractivity contribution < 1.29 is 4.74 Å². The molecule has 0 aromatic heterocycles. The van der Waals surface area contributed by atoms with E-state index >= 15 is 0 Å². The number of likely N-dealkylation sites (N-methyl/N-ethyl adjacent to an activating group) is 1. The van der Waals surface area contributed by atoms with E-state index < -0.39 is 0 Å². The summed E-state index contributed by atoms with van der Waals surface area (Å²) in [4.78, 5) is 2.63. The Morgan fingerprint density at radius 2 is 2.10 bits per heavy atom. The molecule has 0 amide bonds. The van der Waals surface area contributed by atoms with Crippen LogP contribution in [0.2, 0.25) is 0 Å². The minimum Gasteiger partial charge on any atom is -0.493 e. The quantitative estimate of drug-likeness (QED) is 0.875. The molecule has 3 nitrogen and oxygen atoms in total. The third-order valence-corrected chi connectivity index (χ3v) is 5.39. The Kier molecular flexibility index (Phi) is 4.51. The topological polar surface area (TPSA) is 38.5 Å². The van der Waals surface area contributed by atoms with E-state index in [2.05, 4.69) is 30.0 Å². The van der Waals surface area contributed by atoms with Crippen LogP contribution in [0.4, 0.5) is 0 Å². The molecule has 1 aromatic carbocycles. The highest BCUT2D eigenvalue weighted by atomic mass is 16.5. The van der Waals surface area contributed by atoms with Gasteiger partial charge in [-0.1, -0.05) is 31.9 Å². The zero-order valence-corrected chi connectivity index (χ0v) is 13.2. The zero-order valence-electron chi connectivity index (χ0n) is 13.2. The van der Waals surface area contributed by atoms with Gasteiger partial charge in [0.15, 0.2) is 0 Å². The third-order valence-electron chi connectivity index (χ3n) is 5.39. The minimum absolute atomic E-state index is 0.272. The van der Waals surface area contributed by atoms with E-state index in [1.54, 1.807) is 0 Å². The van der Waals surface area contributed by atoms with Crippen LogP contribution in [-0.2, 0) is 12.8 Å². The molecule has 0 saturated heterocycles. The fraction of sp³-hybridized carbons (Fsp3) is 0.667. The molecule has 0 unspecified atom stereocenters. The fourth-order valence-electron chi connectivity index (χ4n) is 4.07. The number of hydrogen-bond acceptors (Lipinski definition) is 3. The molecule has 2 N–H and O–H groups in total. The summed E-state index contributed by atoms with van der Waals surface area (Å²) in [6, 6.07) is 6.70. The van der Waals surface area contributed by atoms with Crippen molar-refractivity contribution in [2.75, 3.05) is 26.2 Å². The lowest BCUT2D eigenvalue weighted by atomic mass is 9.94. The molecular weight excluding hydrogens is 260 g/mol. The molecule has 0 radical (unpaired) electrons. The molecule has 0 spiro atoms. The van der Waals surface area contributed by atoms with Gasteiger partial charge < -0.3 is 10.5 Å². The van der Waals surface area contributed by atoms with E-state index in [0.717, 1.165) is 44.8 Å². The Balaban J connectivity index is 1.65. The second kappa shape index (κ2) is 6.37. The van der Waals surface area contributed by atoms with E-state index in [4.69, 9.17) is 10.5 Å². The van der Waals surface area contributed by atoms with E-state index in [-0.39, 0.29) is 5.54 Å². The number of benzene rings is 1. The van der Waals surface area contributed by atoms with E-state index in [1.165, 1.54) is 36.8 Å². The maximum atomic E-state index is 6.13. The fourth-order valence-corrected chi connectivity index (χ4v) is 4.07. The van der Waals surface area contributed by atoms with Crippen LogP contribution < -0.4 is 10.5 Å². The molecular formula is C18H28N2O. The van der Waals surface area contributed by atoms with Crippen LogP contribution >= 0.6 is 0 Å². The van der Waals surface area contributed by atoms with E-state index in [0.29, 0.717) is 0 Å². The molecule has 0 bridgehead atoms. The van der Waals surface area contributed by atoms with Gasteiger partial charge in [-0.3, -0.25) is 4.90 Å². The smallest absolute Gasteiger partial charge is 0.122 e. The van der Waals surface area contributed by atoms with Crippen molar-refractivity contribution in [1.29, 1.82) is 0 Å². The second-order valence-corrected chi connectivity index (χ2v) is 6.51. The van der Waals surface area contributed by atoms with Gasteiger partial charge in [-0.05, 0) is 43.0 Å². The molecule has 1 fully saturated rings. The minimum atomic E-state index is 0.272. The molecule has 1 heterocycles. The number of nitrogens with zero attached hydrogens (tertiary/aromatic N) is 1. The lowest BCUT2D eigenvalue weighted by Gasteiger charge is -2.40. The third kappa shape index (κ3) is 2.95. The monoisotopic (exact) mass is 288 g/mol. The average molecular weight is 288 g/mol. The summed E-state index contributed by atoms with van der Waals surface area (Å²) in [6.07, 6.45) is 7.40. The predicted octanol–water partition coefficient (Wildman–Crippen LogP) is 2.76. The van der Waals surface area contributed by atoms with Crippen molar-refractivity contribution in [3.63, 3.8) is 0 Å². The molecule has 1 aliphatic heterocycles. The van der Waals surface area contributed by atoms with Crippen LogP contribution in [0.25, 0.3) is 0 Å². The van der Waals surface area contributed by atoms with Gasteiger partial charge in [0.25, 0.3) is 0 Å². The van der Waals surface area contributed by atoms with Gasteiger partial charge >= 0.3 is 0 Å². The molecule has 3 heteroatoms. The highest BCUT2D eigenvalue weighted by Crippen LogP contribution is 2.34. The lowest BCUT2D eigenvalue weighted by Crippen LogP contribution is -2.52. The largest absolute Gasteiger partial charge is 0.493 e. The Hall–Kier alpha value is -1.06. The molecule has 116 valence electrons. The van der Waals surface area contributed by atoms with E-state index in [1.807, 2.05) is 0 Å². The molecule has 1 aliphatic carbocycles. The van der Waals surface area contributed by atoms with Gasteiger partial charge in [0, 0.05) is 25.0 Å². The number of hydrogen-bond donors (Lipinski definition) is 1.